The Hall–Kier alpha value is -3.28. The quantitative estimate of drug-likeness (QED) is 0.508. The zero-order valence-electron chi connectivity index (χ0n) is 17.0. The van der Waals surface area contributed by atoms with E-state index in [9.17, 15) is 9.59 Å². The van der Waals surface area contributed by atoms with E-state index in [4.69, 9.17) is 4.74 Å². The Balaban J connectivity index is 1.55. The molecular formula is C23H27N3O3. The maximum atomic E-state index is 12.6. The van der Waals surface area contributed by atoms with Gasteiger partial charge in [0.25, 0.3) is 0 Å². The van der Waals surface area contributed by atoms with Gasteiger partial charge in [0, 0.05) is 29.3 Å². The van der Waals surface area contributed by atoms with Gasteiger partial charge in [0.2, 0.25) is 11.8 Å². The largest absolute Gasteiger partial charge is 0.494 e. The van der Waals surface area contributed by atoms with Crippen molar-refractivity contribution in [2.75, 3.05) is 18.5 Å². The van der Waals surface area contributed by atoms with Crippen LogP contribution < -0.4 is 15.4 Å². The fourth-order valence-corrected chi connectivity index (χ4v) is 3.06. The number of aromatic amines is 1. The Morgan fingerprint density at radius 3 is 2.48 bits per heavy atom. The molecule has 3 aromatic rings. The van der Waals surface area contributed by atoms with Crippen LogP contribution in [0.15, 0.2) is 54.7 Å². The number of carbonyl (C=O) groups excluding carboxylic acids is 2. The molecule has 2 aromatic carbocycles. The first-order chi connectivity index (χ1) is 13.9. The first-order valence-corrected chi connectivity index (χ1v) is 9.79. The maximum absolute atomic E-state index is 12.6. The number of carbonyl (C=O) groups is 2. The second kappa shape index (κ2) is 8.82. The molecular weight excluding hydrogens is 366 g/mol. The number of hydrogen-bond donors (Lipinski definition) is 3. The Kier molecular flexibility index (Phi) is 6.22. The van der Waals surface area contributed by atoms with Crippen LogP contribution in [0.2, 0.25) is 0 Å². The van der Waals surface area contributed by atoms with Gasteiger partial charge in [0.05, 0.1) is 6.61 Å². The number of rotatable bonds is 8. The molecule has 3 N–H and O–H groups in total. The van der Waals surface area contributed by atoms with Gasteiger partial charge in [-0.3, -0.25) is 9.59 Å². The van der Waals surface area contributed by atoms with Crippen molar-refractivity contribution in [2.45, 2.75) is 27.2 Å². The summed E-state index contributed by atoms with van der Waals surface area (Å²) in [5, 5.41) is 6.83. The van der Waals surface area contributed by atoms with Crippen molar-refractivity contribution < 1.29 is 14.3 Å². The Bertz CT molecular complexity index is 990. The van der Waals surface area contributed by atoms with E-state index in [-0.39, 0.29) is 11.8 Å². The SMILES string of the molecule is CCOc1ccc(NC(=O)C(C)(C)C(=O)NCCc2c[nH]c3ccccc23)cc1. The summed E-state index contributed by atoms with van der Waals surface area (Å²) in [6, 6.07) is 15.1. The van der Waals surface area contributed by atoms with Crippen LogP contribution in [0.4, 0.5) is 5.69 Å². The summed E-state index contributed by atoms with van der Waals surface area (Å²) < 4.78 is 5.39. The summed E-state index contributed by atoms with van der Waals surface area (Å²) in [7, 11) is 0. The molecule has 6 heteroatoms. The molecule has 6 nitrogen and oxygen atoms in total. The Labute approximate surface area is 170 Å². The predicted octanol–water partition coefficient (Wildman–Crippen LogP) is 3.89. The molecule has 0 aliphatic carbocycles. The molecule has 29 heavy (non-hydrogen) atoms. The van der Waals surface area contributed by atoms with E-state index in [2.05, 4.69) is 21.7 Å². The monoisotopic (exact) mass is 393 g/mol. The average molecular weight is 393 g/mol. The summed E-state index contributed by atoms with van der Waals surface area (Å²) in [6.45, 7) is 6.20. The summed E-state index contributed by atoms with van der Waals surface area (Å²) in [4.78, 5) is 28.5. The van der Waals surface area contributed by atoms with Crippen molar-refractivity contribution in [2.24, 2.45) is 5.41 Å². The third-order valence-corrected chi connectivity index (χ3v) is 4.91. The number of amides is 2. The van der Waals surface area contributed by atoms with Crippen molar-refractivity contribution in [1.82, 2.24) is 10.3 Å². The highest BCUT2D eigenvalue weighted by Gasteiger charge is 2.35. The van der Waals surface area contributed by atoms with Gasteiger partial charge < -0.3 is 20.4 Å². The second-order valence-corrected chi connectivity index (χ2v) is 7.40. The number of aromatic nitrogens is 1. The molecule has 152 valence electrons. The van der Waals surface area contributed by atoms with Crippen LogP contribution in [0.3, 0.4) is 0 Å². The number of hydrogen-bond acceptors (Lipinski definition) is 3. The minimum absolute atomic E-state index is 0.305. The molecule has 0 radical (unpaired) electrons. The number of H-pyrrole nitrogens is 1. The lowest BCUT2D eigenvalue weighted by Gasteiger charge is -2.22. The molecule has 0 spiro atoms. The first-order valence-electron chi connectivity index (χ1n) is 9.79. The highest BCUT2D eigenvalue weighted by Crippen LogP contribution is 2.22. The van der Waals surface area contributed by atoms with Gasteiger partial charge in [0.15, 0.2) is 0 Å². The van der Waals surface area contributed by atoms with Crippen molar-refractivity contribution in [3.63, 3.8) is 0 Å². The molecule has 0 atom stereocenters. The van der Waals surface area contributed by atoms with Crippen LogP contribution >= 0.6 is 0 Å². The van der Waals surface area contributed by atoms with E-state index in [1.165, 1.54) is 0 Å². The minimum atomic E-state index is -1.20. The summed E-state index contributed by atoms with van der Waals surface area (Å²) in [5.74, 6) is 0.0758. The van der Waals surface area contributed by atoms with E-state index < -0.39 is 5.41 Å². The van der Waals surface area contributed by atoms with Gasteiger partial charge in [0.1, 0.15) is 11.2 Å². The van der Waals surface area contributed by atoms with Crippen LogP contribution in [-0.2, 0) is 16.0 Å². The lowest BCUT2D eigenvalue weighted by atomic mass is 9.91. The van der Waals surface area contributed by atoms with E-state index in [1.54, 1.807) is 38.1 Å². The van der Waals surface area contributed by atoms with E-state index in [0.717, 1.165) is 22.2 Å². The highest BCUT2D eigenvalue weighted by molar-refractivity contribution is 6.09. The van der Waals surface area contributed by atoms with Crippen LogP contribution in [0.5, 0.6) is 5.75 Å². The Morgan fingerprint density at radius 2 is 1.76 bits per heavy atom. The summed E-state index contributed by atoms with van der Waals surface area (Å²) in [6.07, 6.45) is 2.65. The number of fused-ring (bicyclic) bond motifs is 1. The second-order valence-electron chi connectivity index (χ2n) is 7.40. The molecule has 0 fully saturated rings. The molecule has 0 saturated carbocycles. The predicted molar refractivity (Wildman–Crippen MR) is 115 cm³/mol. The van der Waals surface area contributed by atoms with Crippen LogP contribution in [0.1, 0.15) is 26.3 Å². The standard InChI is InChI=1S/C23H27N3O3/c1-4-29-18-11-9-17(10-12-18)26-22(28)23(2,3)21(27)24-14-13-16-15-25-20-8-6-5-7-19(16)20/h5-12,15,25H,4,13-14H2,1-3H3,(H,24,27)(H,26,28). The van der Waals surface area contributed by atoms with Crippen LogP contribution in [-0.4, -0.2) is 29.9 Å². The highest BCUT2D eigenvalue weighted by atomic mass is 16.5. The van der Waals surface area contributed by atoms with Gasteiger partial charge in [-0.05, 0) is 63.1 Å². The zero-order valence-corrected chi connectivity index (χ0v) is 17.0. The normalized spacial score (nSPS) is 11.3. The average Bonchev–Trinajstić information content (AvgIpc) is 3.12. The van der Waals surface area contributed by atoms with E-state index in [0.29, 0.717) is 25.3 Å². The van der Waals surface area contributed by atoms with Gasteiger partial charge in [-0.15, -0.1) is 0 Å². The fraction of sp³-hybridized carbons (Fsp3) is 0.304. The van der Waals surface area contributed by atoms with Crippen molar-refractivity contribution in [3.8, 4) is 5.75 Å². The molecule has 1 aromatic heterocycles. The molecule has 2 amide bonds. The maximum Gasteiger partial charge on any atom is 0.239 e. The van der Waals surface area contributed by atoms with Crippen molar-refractivity contribution >= 4 is 28.4 Å². The third kappa shape index (κ3) is 4.77. The Morgan fingerprint density at radius 1 is 1.03 bits per heavy atom. The first kappa shape index (κ1) is 20.5. The number of nitrogens with one attached hydrogen (secondary N) is 3. The molecule has 0 bridgehead atoms. The van der Waals surface area contributed by atoms with Crippen LogP contribution in [0.25, 0.3) is 10.9 Å². The van der Waals surface area contributed by atoms with Gasteiger partial charge >= 0.3 is 0 Å². The number of para-hydroxylation sites is 1. The molecule has 1 heterocycles. The molecule has 0 saturated heterocycles. The topological polar surface area (TPSA) is 83.2 Å². The molecule has 0 aliphatic rings. The van der Waals surface area contributed by atoms with E-state index >= 15 is 0 Å². The summed E-state index contributed by atoms with van der Waals surface area (Å²) >= 11 is 0. The fourth-order valence-electron chi connectivity index (χ4n) is 3.06. The molecule has 0 aliphatic heterocycles. The zero-order chi connectivity index (χ0) is 20.9. The number of ether oxygens (including phenoxy) is 1. The van der Waals surface area contributed by atoms with Crippen molar-refractivity contribution in [1.29, 1.82) is 0 Å². The van der Waals surface area contributed by atoms with Crippen LogP contribution in [0, 0.1) is 5.41 Å². The summed E-state index contributed by atoms with van der Waals surface area (Å²) in [5.41, 5.74) is 1.64. The van der Waals surface area contributed by atoms with Gasteiger partial charge in [-0.2, -0.15) is 0 Å². The molecule has 3 rings (SSSR count). The molecule has 0 unspecified atom stereocenters. The lowest BCUT2D eigenvalue weighted by molar-refractivity contribution is -0.138. The van der Waals surface area contributed by atoms with Crippen molar-refractivity contribution in [3.05, 3.63) is 60.3 Å². The minimum Gasteiger partial charge on any atom is -0.494 e. The van der Waals surface area contributed by atoms with Gasteiger partial charge in [-0.1, -0.05) is 18.2 Å². The number of anilines is 1. The van der Waals surface area contributed by atoms with Gasteiger partial charge in [-0.25, -0.2) is 0 Å². The van der Waals surface area contributed by atoms with E-state index in [1.807, 2.05) is 31.3 Å². The number of benzene rings is 2. The smallest absolute Gasteiger partial charge is 0.239 e. The lowest BCUT2D eigenvalue weighted by Crippen LogP contribution is -2.45. The third-order valence-electron chi connectivity index (χ3n) is 4.91.